The highest BCUT2D eigenvalue weighted by Crippen LogP contribution is 2.23. The van der Waals surface area contributed by atoms with Crippen molar-refractivity contribution in [2.75, 3.05) is 0 Å². The molecule has 0 radical (unpaired) electrons. The predicted octanol–water partition coefficient (Wildman–Crippen LogP) is 4.29. The number of hydrogen-bond acceptors (Lipinski definition) is 5. The van der Waals surface area contributed by atoms with Crippen LogP contribution in [0.4, 0.5) is 4.39 Å². The highest BCUT2D eigenvalue weighted by molar-refractivity contribution is 7.98. The predicted molar refractivity (Wildman–Crippen MR) is 109 cm³/mol. The smallest absolute Gasteiger partial charge is 0.267 e. The second-order valence-electron chi connectivity index (χ2n) is 5.64. The van der Waals surface area contributed by atoms with Crippen LogP contribution in [0, 0.1) is 5.82 Å². The molecule has 0 spiro atoms. The van der Waals surface area contributed by atoms with Gasteiger partial charge in [-0.15, -0.1) is 0 Å². The first kappa shape index (κ1) is 21.0. The molecule has 1 aromatic heterocycles. The summed E-state index contributed by atoms with van der Waals surface area (Å²) in [7, 11) is 0. The molecule has 2 amide bonds. The van der Waals surface area contributed by atoms with Crippen LogP contribution in [0.3, 0.4) is 0 Å². The van der Waals surface area contributed by atoms with Gasteiger partial charge in [-0.1, -0.05) is 53.2 Å². The van der Waals surface area contributed by atoms with Crippen molar-refractivity contribution in [2.45, 2.75) is 10.9 Å². The van der Waals surface area contributed by atoms with Crippen LogP contribution >= 0.6 is 35.0 Å². The molecule has 0 saturated heterocycles. The molecule has 2 aromatic carbocycles. The number of hydrazine groups is 1. The number of rotatable bonds is 5. The SMILES string of the molecule is O=C(NNC(=O)c1nc(SCc2ccccc2F)ncc1Cl)c1ccc(Cl)cc1. The minimum atomic E-state index is -0.715. The number of halogens is 3. The first-order valence-electron chi connectivity index (χ1n) is 8.19. The molecule has 0 aliphatic heterocycles. The van der Waals surface area contributed by atoms with E-state index >= 15 is 0 Å². The first-order chi connectivity index (χ1) is 13.9. The zero-order valence-electron chi connectivity index (χ0n) is 14.7. The Balaban J connectivity index is 1.64. The molecule has 3 aromatic rings. The number of thioether (sulfide) groups is 1. The van der Waals surface area contributed by atoms with Gasteiger partial charge in [0.1, 0.15) is 5.82 Å². The Labute approximate surface area is 179 Å². The summed E-state index contributed by atoms with van der Waals surface area (Å²) in [6.07, 6.45) is 1.27. The van der Waals surface area contributed by atoms with E-state index in [1.807, 2.05) is 0 Å². The van der Waals surface area contributed by atoms with Gasteiger partial charge in [0.25, 0.3) is 11.8 Å². The molecule has 0 aliphatic rings. The third-order valence-corrected chi connectivity index (χ3v) is 5.09. The van der Waals surface area contributed by atoms with Gasteiger partial charge in [-0.2, -0.15) is 0 Å². The minimum Gasteiger partial charge on any atom is -0.267 e. The molecule has 1 heterocycles. The van der Waals surface area contributed by atoms with Gasteiger partial charge in [-0.25, -0.2) is 14.4 Å². The Bertz CT molecular complexity index is 1050. The minimum absolute atomic E-state index is 0.0125. The van der Waals surface area contributed by atoms with E-state index in [0.717, 1.165) is 11.8 Å². The maximum Gasteiger partial charge on any atom is 0.289 e. The van der Waals surface area contributed by atoms with Crippen molar-refractivity contribution < 1.29 is 14.0 Å². The van der Waals surface area contributed by atoms with E-state index in [-0.39, 0.29) is 27.4 Å². The number of benzene rings is 2. The normalized spacial score (nSPS) is 10.4. The molecule has 6 nitrogen and oxygen atoms in total. The molecule has 10 heteroatoms. The molecule has 148 valence electrons. The fourth-order valence-corrected chi connectivity index (χ4v) is 3.29. The van der Waals surface area contributed by atoms with Gasteiger partial charge in [-0.05, 0) is 35.9 Å². The van der Waals surface area contributed by atoms with E-state index in [2.05, 4.69) is 20.8 Å². The second kappa shape index (κ2) is 9.69. The molecule has 0 fully saturated rings. The van der Waals surface area contributed by atoms with Crippen molar-refractivity contribution in [1.29, 1.82) is 0 Å². The van der Waals surface area contributed by atoms with Crippen molar-refractivity contribution in [3.63, 3.8) is 0 Å². The van der Waals surface area contributed by atoms with Crippen molar-refractivity contribution in [2.24, 2.45) is 0 Å². The quantitative estimate of drug-likeness (QED) is 0.344. The Kier molecular flexibility index (Phi) is 7.03. The highest BCUT2D eigenvalue weighted by Gasteiger charge is 2.16. The van der Waals surface area contributed by atoms with E-state index in [4.69, 9.17) is 23.2 Å². The summed E-state index contributed by atoms with van der Waals surface area (Å²) in [6, 6.07) is 12.5. The summed E-state index contributed by atoms with van der Waals surface area (Å²) < 4.78 is 13.7. The van der Waals surface area contributed by atoms with Gasteiger partial charge in [0, 0.05) is 16.3 Å². The second-order valence-corrected chi connectivity index (χ2v) is 7.43. The number of aromatic nitrogens is 2. The van der Waals surface area contributed by atoms with Crippen molar-refractivity contribution in [3.05, 3.63) is 87.4 Å². The first-order valence-corrected chi connectivity index (χ1v) is 9.93. The van der Waals surface area contributed by atoms with Gasteiger partial charge in [-0.3, -0.25) is 20.4 Å². The Morgan fingerprint density at radius 1 is 1.00 bits per heavy atom. The van der Waals surface area contributed by atoms with Gasteiger partial charge < -0.3 is 0 Å². The topological polar surface area (TPSA) is 84.0 Å². The Morgan fingerprint density at radius 2 is 1.69 bits per heavy atom. The van der Waals surface area contributed by atoms with Gasteiger partial charge in [0.05, 0.1) is 11.2 Å². The summed E-state index contributed by atoms with van der Waals surface area (Å²) in [5, 5.41) is 0.740. The number of carbonyl (C=O) groups is 2. The van der Waals surface area contributed by atoms with E-state index < -0.39 is 11.8 Å². The van der Waals surface area contributed by atoms with Crippen molar-refractivity contribution in [1.82, 2.24) is 20.8 Å². The van der Waals surface area contributed by atoms with Crippen LogP contribution in [-0.4, -0.2) is 21.8 Å². The molecule has 3 rings (SSSR count). The van der Waals surface area contributed by atoms with Crippen LogP contribution in [0.15, 0.2) is 59.9 Å². The molecule has 0 atom stereocenters. The van der Waals surface area contributed by atoms with Crippen LogP contribution in [0.25, 0.3) is 0 Å². The molecule has 0 saturated carbocycles. The fourth-order valence-electron chi connectivity index (χ4n) is 2.18. The lowest BCUT2D eigenvalue weighted by Gasteiger charge is -2.09. The molecule has 0 aliphatic carbocycles. The van der Waals surface area contributed by atoms with Crippen molar-refractivity contribution >= 4 is 46.8 Å². The summed E-state index contributed by atoms with van der Waals surface area (Å²) in [5.74, 6) is -1.30. The van der Waals surface area contributed by atoms with E-state index in [1.165, 1.54) is 24.4 Å². The van der Waals surface area contributed by atoms with E-state index in [9.17, 15) is 14.0 Å². The van der Waals surface area contributed by atoms with Crippen LogP contribution < -0.4 is 10.9 Å². The summed E-state index contributed by atoms with van der Waals surface area (Å²) in [4.78, 5) is 32.5. The summed E-state index contributed by atoms with van der Waals surface area (Å²) in [5.41, 5.74) is 5.20. The third-order valence-electron chi connectivity index (χ3n) is 3.65. The molecule has 0 bridgehead atoms. The van der Waals surface area contributed by atoms with Crippen LogP contribution in [-0.2, 0) is 5.75 Å². The Morgan fingerprint density at radius 3 is 2.41 bits per heavy atom. The largest absolute Gasteiger partial charge is 0.289 e. The monoisotopic (exact) mass is 450 g/mol. The standard InChI is InChI=1S/C19H13Cl2FN4O2S/c20-13-7-5-11(6-8-13)17(27)25-26-18(28)16-14(21)9-23-19(24-16)29-10-12-3-1-2-4-15(12)22/h1-9H,10H2,(H,25,27)(H,26,28). The summed E-state index contributed by atoms with van der Waals surface area (Å²) >= 11 is 12.9. The lowest BCUT2D eigenvalue weighted by Crippen LogP contribution is -2.42. The lowest BCUT2D eigenvalue weighted by atomic mass is 10.2. The van der Waals surface area contributed by atoms with Gasteiger partial charge in [0.2, 0.25) is 0 Å². The molecule has 0 unspecified atom stereocenters. The fraction of sp³-hybridized carbons (Fsp3) is 0.0526. The molecule has 2 N–H and O–H groups in total. The molecular formula is C19H13Cl2FN4O2S. The molecule has 29 heavy (non-hydrogen) atoms. The number of hydrogen-bond donors (Lipinski definition) is 2. The average molecular weight is 451 g/mol. The number of nitrogens with zero attached hydrogens (tertiary/aromatic N) is 2. The Hall–Kier alpha value is -2.68. The zero-order valence-corrected chi connectivity index (χ0v) is 17.0. The third kappa shape index (κ3) is 5.66. The highest BCUT2D eigenvalue weighted by atomic mass is 35.5. The number of amides is 2. The average Bonchev–Trinajstić information content (AvgIpc) is 2.72. The van der Waals surface area contributed by atoms with E-state index in [1.54, 1.807) is 30.3 Å². The maximum atomic E-state index is 13.7. The van der Waals surface area contributed by atoms with Gasteiger partial charge >= 0.3 is 0 Å². The van der Waals surface area contributed by atoms with Crippen molar-refractivity contribution in [3.8, 4) is 0 Å². The van der Waals surface area contributed by atoms with Gasteiger partial charge in [0.15, 0.2) is 10.9 Å². The van der Waals surface area contributed by atoms with E-state index in [0.29, 0.717) is 16.1 Å². The van der Waals surface area contributed by atoms with Crippen LogP contribution in [0.1, 0.15) is 26.4 Å². The number of carbonyl (C=O) groups excluding carboxylic acids is 2. The zero-order chi connectivity index (χ0) is 20.8. The lowest BCUT2D eigenvalue weighted by molar-refractivity contribution is 0.0843. The molecular weight excluding hydrogens is 438 g/mol. The van der Waals surface area contributed by atoms with Crippen LogP contribution in [0.5, 0.6) is 0 Å². The maximum absolute atomic E-state index is 13.7. The summed E-state index contributed by atoms with van der Waals surface area (Å²) in [6.45, 7) is 0. The number of nitrogens with one attached hydrogen (secondary N) is 2. The van der Waals surface area contributed by atoms with Crippen LogP contribution in [0.2, 0.25) is 10.0 Å².